The lowest BCUT2D eigenvalue weighted by molar-refractivity contribution is 0.0945. The Morgan fingerprint density at radius 2 is 2.00 bits per heavy atom. The van der Waals surface area contributed by atoms with E-state index < -0.39 is 0 Å². The minimum atomic E-state index is -0.132. The van der Waals surface area contributed by atoms with E-state index in [-0.39, 0.29) is 5.91 Å². The van der Waals surface area contributed by atoms with Gasteiger partial charge in [0.15, 0.2) is 0 Å². The number of carbonyl (C=O) groups is 1. The van der Waals surface area contributed by atoms with Gasteiger partial charge in [0, 0.05) is 19.1 Å². The van der Waals surface area contributed by atoms with E-state index in [4.69, 9.17) is 0 Å². The number of anilines is 1. The van der Waals surface area contributed by atoms with Gasteiger partial charge < -0.3 is 10.2 Å². The summed E-state index contributed by atoms with van der Waals surface area (Å²) in [4.78, 5) is 22.7. The van der Waals surface area contributed by atoms with Crippen LogP contribution in [0.1, 0.15) is 35.8 Å². The number of aromatic nitrogens is 2. The fourth-order valence-electron chi connectivity index (χ4n) is 2.25. The first kappa shape index (κ1) is 14.5. The molecule has 5 heteroatoms. The van der Waals surface area contributed by atoms with Gasteiger partial charge in [-0.3, -0.25) is 4.79 Å². The molecule has 3 rings (SSSR count). The van der Waals surface area contributed by atoms with Gasteiger partial charge in [0.25, 0.3) is 5.91 Å². The van der Waals surface area contributed by atoms with Gasteiger partial charge in [-0.2, -0.15) is 0 Å². The van der Waals surface area contributed by atoms with Crippen LogP contribution in [0, 0.1) is 0 Å². The van der Waals surface area contributed by atoms with Crippen molar-refractivity contribution in [1.29, 1.82) is 0 Å². The molecule has 0 atom stereocenters. The number of carbonyl (C=O) groups excluding carboxylic acids is 1. The van der Waals surface area contributed by atoms with Gasteiger partial charge in [-0.25, -0.2) is 9.97 Å². The number of hydrogen-bond acceptors (Lipinski definition) is 4. The summed E-state index contributed by atoms with van der Waals surface area (Å²) in [6, 6.07) is 10.6. The monoisotopic (exact) mass is 296 g/mol. The maximum atomic E-state index is 11.9. The van der Waals surface area contributed by atoms with E-state index in [1.54, 1.807) is 12.4 Å². The number of benzene rings is 1. The highest BCUT2D eigenvalue weighted by molar-refractivity contribution is 5.92. The van der Waals surface area contributed by atoms with E-state index in [1.165, 1.54) is 5.56 Å². The van der Waals surface area contributed by atoms with Crippen LogP contribution in [-0.4, -0.2) is 28.5 Å². The molecule has 0 bridgehead atoms. The lowest BCUT2D eigenvalue weighted by Gasteiger charge is -2.21. The average Bonchev–Trinajstić information content (AvgIpc) is 3.38. The molecule has 5 nitrogen and oxygen atoms in total. The Labute approximate surface area is 130 Å². The summed E-state index contributed by atoms with van der Waals surface area (Å²) in [5.41, 5.74) is 1.60. The maximum absolute atomic E-state index is 11.9. The van der Waals surface area contributed by atoms with Crippen LogP contribution in [0.2, 0.25) is 0 Å². The van der Waals surface area contributed by atoms with Crippen LogP contribution < -0.4 is 10.2 Å². The van der Waals surface area contributed by atoms with E-state index in [0.717, 1.165) is 31.7 Å². The number of rotatable bonds is 6. The van der Waals surface area contributed by atoms with Crippen molar-refractivity contribution in [3.63, 3.8) is 0 Å². The quantitative estimate of drug-likeness (QED) is 0.889. The summed E-state index contributed by atoms with van der Waals surface area (Å²) < 4.78 is 0. The fraction of sp³-hybridized carbons (Fsp3) is 0.353. The minimum absolute atomic E-state index is 0.132. The molecule has 1 aliphatic carbocycles. The number of nitrogens with zero attached hydrogens (tertiary/aromatic N) is 3. The van der Waals surface area contributed by atoms with E-state index in [9.17, 15) is 4.79 Å². The molecule has 0 spiro atoms. The van der Waals surface area contributed by atoms with Gasteiger partial charge in [-0.05, 0) is 25.3 Å². The van der Waals surface area contributed by atoms with Gasteiger partial charge in [0.1, 0.15) is 11.5 Å². The van der Waals surface area contributed by atoms with Gasteiger partial charge >= 0.3 is 0 Å². The average molecular weight is 296 g/mol. The second-order valence-corrected chi connectivity index (χ2v) is 5.51. The van der Waals surface area contributed by atoms with Gasteiger partial charge in [-0.1, -0.05) is 30.3 Å². The fourth-order valence-corrected chi connectivity index (χ4v) is 2.25. The number of nitrogens with one attached hydrogen (secondary N) is 1. The second kappa shape index (κ2) is 6.56. The summed E-state index contributed by atoms with van der Waals surface area (Å²) in [7, 11) is 0. The lowest BCUT2D eigenvalue weighted by Crippen LogP contribution is -2.27. The topological polar surface area (TPSA) is 58.1 Å². The first-order valence-electron chi connectivity index (χ1n) is 7.68. The van der Waals surface area contributed by atoms with E-state index in [0.29, 0.717) is 11.7 Å². The predicted octanol–water partition coefficient (Wildman–Crippen LogP) is 2.40. The molecule has 1 aromatic carbocycles. The van der Waals surface area contributed by atoms with Crippen molar-refractivity contribution in [2.24, 2.45) is 0 Å². The van der Waals surface area contributed by atoms with Crippen molar-refractivity contribution < 1.29 is 4.79 Å². The maximum Gasteiger partial charge on any atom is 0.271 e. The second-order valence-electron chi connectivity index (χ2n) is 5.51. The molecule has 114 valence electrons. The molecular formula is C17H20N4O. The Bertz CT molecular complexity index is 623. The lowest BCUT2D eigenvalue weighted by atomic mass is 10.2. The van der Waals surface area contributed by atoms with Crippen LogP contribution in [0.4, 0.5) is 5.82 Å². The van der Waals surface area contributed by atoms with Crippen molar-refractivity contribution in [3.05, 3.63) is 54.0 Å². The molecule has 22 heavy (non-hydrogen) atoms. The van der Waals surface area contributed by atoms with Crippen molar-refractivity contribution in [2.75, 3.05) is 11.4 Å². The highest BCUT2D eigenvalue weighted by Gasteiger charge is 2.24. The van der Waals surface area contributed by atoms with Crippen LogP contribution >= 0.6 is 0 Å². The SMILES string of the molecule is CCN(Cc1ccccc1)c1cnc(C(=O)NC2CC2)cn1. The Morgan fingerprint density at radius 1 is 1.23 bits per heavy atom. The molecule has 0 saturated heterocycles. The van der Waals surface area contributed by atoms with Crippen molar-refractivity contribution >= 4 is 11.7 Å². The first-order valence-corrected chi connectivity index (χ1v) is 7.68. The summed E-state index contributed by atoms with van der Waals surface area (Å²) in [5, 5.41) is 2.92. The zero-order valence-electron chi connectivity index (χ0n) is 12.7. The van der Waals surface area contributed by atoms with Crippen LogP contribution in [0.5, 0.6) is 0 Å². The van der Waals surface area contributed by atoms with Crippen molar-refractivity contribution in [1.82, 2.24) is 15.3 Å². The smallest absolute Gasteiger partial charge is 0.271 e. The molecular weight excluding hydrogens is 276 g/mol. The molecule has 0 radical (unpaired) electrons. The Kier molecular flexibility index (Phi) is 4.32. The molecule has 1 heterocycles. The van der Waals surface area contributed by atoms with Crippen molar-refractivity contribution in [3.8, 4) is 0 Å². The molecule has 2 aromatic rings. The van der Waals surface area contributed by atoms with Crippen LogP contribution in [0.15, 0.2) is 42.7 Å². The van der Waals surface area contributed by atoms with Gasteiger partial charge in [0.2, 0.25) is 0 Å². The number of hydrogen-bond donors (Lipinski definition) is 1. The van der Waals surface area contributed by atoms with E-state index >= 15 is 0 Å². The third-order valence-electron chi connectivity index (χ3n) is 3.71. The van der Waals surface area contributed by atoms with Crippen LogP contribution in [0.3, 0.4) is 0 Å². The summed E-state index contributed by atoms with van der Waals surface area (Å²) >= 11 is 0. The number of amides is 1. The van der Waals surface area contributed by atoms with Gasteiger partial charge in [0.05, 0.1) is 12.4 Å². The molecule has 1 amide bonds. The highest BCUT2D eigenvalue weighted by Crippen LogP contribution is 2.19. The van der Waals surface area contributed by atoms with E-state index in [1.807, 2.05) is 18.2 Å². The third-order valence-corrected chi connectivity index (χ3v) is 3.71. The summed E-state index contributed by atoms with van der Waals surface area (Å²) in [6.45, 7) is 3.69. The van der Waals surface area contributed by atoms with Crippen LogP contribution in [-0.2, 0) is 6.54 Å². The zero-order chi connectivity index (χ0) is 15.4. The molecule has 0 aliphatic heterocycles. The standard InChI is InChI=1S/C17H20N4O/c1-2-21(12-13-6-4-3-5-7-13)16-11-18-15(10-19-16)17(22)20-14-8-9-14/h3-7,10-11,14H,2,8-9,12H2,1H3,(H,20,22). The molecule has 1 N–H and O–H groups in total. The Hall–Kier alpha value is -2.43. The highest BCUT2D eigenvalue weighted by atomic mass is 16.2. The van der Waals surface area contributed by atoms with Crippen molar-refractivity contribution in [2.45, 2.75) is 32.4 Å². The molecule has 0 unspecified atom stereocenters. The van der Waals surface area contributed by atoms with E-state index in [2.05, 4.69) is 39.2 Å². The van der Waals surface area contributed by atoms with Gasteiger partial charge in [-0.15, -0.1) is 0 Å². The molecule has 1 aliphatic rings. The molecule has 1 saturated carbocycles. The van der Waals surface area contributed by atoms with Crippen LogP contribution in [0.25, 0.3) is 0 Å². The largest absolute Gasteiger partial charge is 0.351 e. The summed E-state index contributed by atoms with van der Waals surface area (Å²) in [6.07, 6.45) is 5.37. The minimum Gasteiger partial charge on any atom is -0.351 e. The normalized spacial score (nSPS) is 13.7. The Morgan fingerprint density at radius 3 is 2.59 bits per heavy atom. The third kappa shape index (κ3) is 3.61. The zero-order valence-corrected chi connectivity index (χ0v) is 12.7. The Balaban J connectivity index is 1.68. The molecule has 1 aromatic heterocycles. The predicted molar refractivity (Wildman–Crippen MR) is 85.7 cm³/mol. The summed E-state index contributed by atoms with van der Waals surface area (Å²) in [5.74, 6) is 0.655. The molecule has 1 fully saturated rings. The first-order chi connectivity index (χ1) is 10.8.